The molecule has 0 aliphatic carbocycles. The Morgan fingerprint density at radius 3 is 1.56 bits per heavy atom. The molecule has 0 aromatic heterocycles. The quantitative estimate of drug-likeness (QED) is 0.552. The summed E-state index contributed by atoms with van der Waals surface area (Å²) in [7, 11) is 0. The summed E-state index contributed by atoms with van der Waals surface area (Å²) in [5.74, 6) is 0. The molecule has 0 saturated carbocycles. The van der Waals surface area contributed by atoms with Gasteiger partial charge in [0.05, 0.1) is 0 Å². The van der Waals surface area contributed by atoms with E-state index in [1.54, 1.807) is 0 Å². The number of hydrogen-bond donors (Lipinski definition) is 1. The third-order valence-electron chi connectivity index (χ3n) is 0.974. The smallest absolute Gasteiger partial charge is 0.327 e. The zero-order valence-corrected chi connectivity index (χ0v) is 4.80. The fourth-order valence-electron chi connectivity index (χ4n) is 0.116. The Balaban J connectivity index is 4.14. The molecule has 0 aliphatic heterocycles. The summed E-state index contributed by atoms with van der Waals surface area (Å²) in [6.07, 6.45) is -4.85. The number of hydrogen-bond acceptors (Lipinski definition) is 1. The van der Waals surface area contributed by atoms with E-state index in [4.69, 9.17) is 0 Å². The lowest BCUT2D eigenvalue weighted by molar-refractivity contribution is -0.219. The van der Waals surface area contributed by atoms with E-state index in [1.165, 1.54) is 0 Å². The Morgan fingerprint density at radius 1 is 1.22 bits per heavy atom. The highest BCUT2D eigenvalue weighted by Crippen LogP contribution is 2.32. The summed E-state index contributed by atoms with van der Waals surface area (Å²) in [5, 5.41) is 0. The first-order valence-corrected chi connectivity index (χ1v) is 2.27. The largest absolute Gasteiger partial charge is 0.423 e. The number of halogens is 4. The minimum Gasteiger partial charge on any atom is -0.327 e. The van der Waals surface area contributed by atoms with Crippen LogP contribution in [-0.2, 0) is 0 Å². The van der Waals surface area contributed by atoms with Gasteiger partial charge in [-0.1, -0.05) is 0 Å². The van der Waals surface area contributed by atoms with Gasteiger partial charge in [-0.2, -0.15) is 13.2 Å². The molecule has 0 spiro atoms. The molecule has 0 radical (unpaired) electrons. The first-order valence-electron chi connectivity index (χ1n) is 2.27. The van der Waals surface area contributed by atoms with Crippen LogP contribution in [0.1, 0.15) is 6.92 Å². The van der Waals surface area contributed by atoms with Gasteiger partial charge in [0.15, 0.2) is 0 Å². The van der Waals surface area contributed by atoms with Gasteiger partial charge in [0.2, 0.25) is 5.67 Å². The van der Waals surface area contributed by atoms with Crippen molar-refractivity contribution in [2.45, 2.75) is 18.8 Å². The fraction of sp³-hybridized carbons (Fsp3) is 1.00. The van der Waals surface area contributed by atoms with Crippen LogP contribution in [0.2, 0.25) is 0 Å². The molecular formula is C4H7F4N. The summed E-state index contributed by atoms with van der Waals surface area (Å²) in [6.45, 7) is -0.622. The van der Waals surface area contributed by atoms with Crippen molar-refractivity contribution in [3.8, 4) is 0 Å². The van der Waals surface area contributed by atoms with E-state index in [0.29, 0.717) is 6.92 Å². The predicted molar refractivity (Wildman–Crippen MR) is 24.6 cm³/mol. The molecule has 0 aliphatic rings. The Hall–Kier alpha value is -0.320. The Bertz CT molecular complexity index is 95.2. The van der Waals surface area contributed by atoms with Crippen LogP contribution in [0.5, 0.6) is 0 Å². The highest BCUT2D eigenvalue weighted by atomic mass is 19.4. The molecule has 0 fully saturated rings. The van der Waals surface area contributed by atoms with Gasteiger partial charge in [0.25, 0.3) is 0 Å². The maximum absolute atomic E-state index is 12.1. The van der Waals surface area contributed by atoms with Crippen LogP contribution in [0.25, 0.3) is 0 Å². The van der Waals surface area contributed by atoms with Crippen molar-refractivity contribution in [3.05, 3.63) is 0 Å². The van der Waals surface area contributed by atoms with Gasteiger partial charge < -0.3 is 5.73 Å². The Labute approximate surface area is 49.8 Å². The summed E-state index contributed by atoms with van der Waals surface area (Å²) in [6, 6.07) is 0. The van der Waals surface area contributed by atoms with Crippen molar-refractivity contribution < 1.29 is 17.6 Å². The van der Waals surface area contributed by atoms with Crippen LogP contribution >= 0.6 is 0 Å². The molecule has 56 valence electrons. The normalized spacial score (nSPS) is 19.3. The number of nitrogens with two attached hydrogens (primary N) is 1. The van der Waals surface area contributed by atoms with Gasteiger partial charge in [-0.25, -0.2) is 4.39 Å². The van der Waals surface area contributed by atoms with Crippen LogP contribution in [0, 0.1) is 0 Å². The standard InChI is InChI=1S/C4H7F4N/c1-3(5,2-9)4(6,7)8/h2,9H2,1H3. The summed E-state index contributed by atoms with van der Waals surface area (Å²) in [4.78, 5) is 0. The molecule has 1 atom stereocenters. The van der Waals surface area contributed by atoms with Crippen molar-refractivity contribution in [2.24, 2.45) is 5.73 Å². The minimum absolute atomic E-state index is 0.410. The molecule has 0 saturated heterocycles. The van der Waals surface area contributed by atoms with Crippen LogP contribution in [0.4, 0.5) is 17.6 Å². The lowest BCUT2D eigenvalue weighted by Crippen LogP contribution is -2.44. The molecule has 2 N–H and O–H groups in total. The SMILES string of the molecule is CC(F)(CN)C(F)(F)F. The minimum atomic E-state index is -4.85. The second-order valence-corrected chi connectivity index (χ2v) is 1.90. The van der Waals surface area contributed by atoms with Crippen LogP contribution in [-0.4, -0.2) is 18.4 Å². The number of rotatable bonds is 1. The van der Waals surface area contributed by atoms with Crippen molar-refractivity contribution >= 4 is 0 Å². The van der Waals surface area contributed by atoms with Gasteiger partial charge >= 0.3 is 6.18 Å². The Kier molecular flexibility index (Phi) is 2.06. The third-order valence-corrected chi connectivity index (χ3v) is 0.974. The van der Waals surface area contributed by atoms with Crippen molar-refractivity contribution in [1.82, 2.24) is 0 Å². The summed E-state index contributed by atoms with van der Waals surface area (Å²) < 4.78 is 46.2. The lowest BCUT2D eigenvalue weighted by atomic mass is 10.1. The molecule has 1 nitrogen and oxygen atoms in total. The van der Waals surface area contributed by atoms with Gasteiger partial charge in [-0.3, -0.25) is 0 Å². The molecule has 0 bridgehead atoms. The van der Waals surface area contributed by atoms with Gasteiger partial charge in [0, 0.05) is 6.54 Å². The third kappa shape index (κ3) is 1.82. The van der Waals surface area contributed by atoms with Crippen molar-refractivity contribution in [2.75, 3.05) is 6.54 Å². The molecule has 0 heterocycles. The summed E-state index contributed by atoms with van der Waals surface area (Å²) >= 11 is 0. The lowest BCUT2D eigenvalue weighted by Gasteiger charge is -2.20. The molecule has 0 amide bonds. The monoisotopic (exact) mass is 145 g/mol. The van der Waals surface area contributed by atoms with Crippen LogP contribution < -0.4 is 5.73 Å². The second kappa shape index (κ2) is 2.13. The van der Waals surface area contributed by atoms with Crippen molar-refractivity contribution in [3.63, 3.8) is 0 Å². The maximum atomic E-state index is 12.1. The second-order valence-electron chi connectivity index (χ2n) is 1.90. The summed E-state index contributed by atoms with van der Waals surface area (Å²) in [5.41, 5.74) is 1.25. The first kappa shape index (κ1) is 8.68. The van der Waals surface area contributed by atoms with Gasteiger partial charge in [-0.05, 0) is 6.92 Å². The maximum Gasteiger partial charge on any atom is 0.423 e. The van der Waals surface area contributed by atoms with E-state index in [2.05, 4.69) is 5.73 Å². The van der Waals surface area contributed by atoms with Crippen molar-refractivity contribution in [1.29, 1.82) is 0 Å². The van der Waals surface area contributed by atoms with Crippen LogP contribution in [0.15, 0.2) is 0 Å². The Morgan fingerprint density at radius 2 is 1.56 bits per heavy atom. The molecule has 0 aromatic carbocycles. The van der Waals surface area contributed by atoms with E-state index in [9.17, 15) is 17.6 Å². The van der Waals surface area contributed by atoms with Gasteiger partial charge in [-0.15, -0.1) is 0 Å². The van der Waals surface area contributed by atoms with Crippen LogP contribution in [0.3, 0.4) is 0 Å². The molecule has 0 aromatic rings. The van der Waals surface area contributed by atoms with E-state index in [0.717, 1.165) is 0 Å². The predicted octanol–water partition coefficient (Wildman–Crippen LogP) is 1.24. The van der Waals surface area contributed by atoms with E-state index < -0.39 is 18.4 Å². The molecule has 5 heteroatoms. The van der Waals surface area contributed by atoms with E-state index >= 15 is 0 Å². The zero-order chi connectivity index (χ0) is 7.71. The topological polar surface area (TPSA) is 26.0 Å². The highest BCUT2D eigenvalue weighted by molar-refractivity contribution is 4.82. The highest BCUT2D eigenvalue weighted by Gasteiger charge is 2.50. The molecule has 0 rings (SSSR count). The first-order chi connectivity index (χ1) is 3.81. The molecule has 1 unspecified atom stereocenters. The average Bonchev–Trinajstić information content (AvgIpc) is 1.64. The molecule has 9 heavy (non-hydrogen) atoms. The fourth-order valence-corrected chi connectivity index (χ4v) is 0.116. The van der Waals surface area contributed by atoms with E-state index in [-0.39, 0.29) is 0 Å². The van der Waals surface area contributed by atoms with E-state index in [1.807, 2.05) is 0 Å². The van der Waals surface area contributed by atoms with Gasteiger partial charge in [0.1, 0.15) is 0 Å². The zero-order valence-electron chi connectivity index (χ0n) is 4.80. The molecular weight excluding hydrogens is 138 g/mol. The average molecular weight is 145 g/mol. The number of alkyl halides is 4.